The fourth-order valence-electron chi connectivity index (χ4n) is 1.31. The molecule has 0 aromatic carbocycles. The highest BCUT2D eigenvalue weighted by Crippen LogP contribution is 2.10. The van der Waals surface area contributed by atoms with Crippen LogP contribution in [0, 0.1) is 0 Å². The third kappa shape index (κ3) is 16.1. The van der Waals surface area contributed by atoms with E-state index in [2.05, 4.69) is 19.6 Å². The highest BCUT2D eigenvalue weighted by atomic mass is 28.3. The van der Waals surface area contributed by atoms with Crippen LogP contribution < -0.4 is 0 Å². The maximum absolute atomic E-state index is 8.46. The second-order valence-electron chi connectivity index (χ2n) is 5.22. The van der Waals surface area contributed by atoms with E-state index in [-0.39, 0.29) is 6.61 Å². The first-order chi connectivity index (χ1) is 8.06. The molecule has 0 radical (unpaired) electrons. The molecular weight excluding hydrogens is 236 g/mol. The molecule has 0 aromatic rings. The van der Waals surface area contributed by atoms with Crippen molar-refractivity contribution in [3.8, 4) is 0 Å². The number of ether oxygens (including phenoxy) is 3. The molecule has 17 heavy (non-hydrogen) atoms. The van der Waals surface area contributed by atoms with Crippen molar-refractivity contribution >= 4 is 8.07 Å². The van der Waals surface area contributed by atoms with Gasteiger partial charge in [0.15, 0.2) is 0 Å². The molecule has 1 N–H and O–H groups in total. The van der Waals surface area contributed by atoms with Crippen molar-refractivity contribution in [2.24, 2.45) is 0 Å². The Morgan fingerprint density at radius 3 is 1.71 bits per heavy atom. The summed E-state index contributed by atoms with van der Waals surface area (Å²) in [5, 5.41) is 8.46. The first-order valence-electron chi connectivity index (χ1n) is 6.40. The van der Waals surface area contributed by atoms with Gasteiger partial charge in [-0.1, -0.05) is 25.7 Å². The highest BCUT2D eigenvalue weighted by Gasteiger charge is 2.11. The fourth-order valence-corrected chi connectivity index (χ4v) is 2.52. The molecule has 0 bridgehead atoms. The summed E-state index contributed by atoms with van der Waals surface area (Å²) in [6, 6.07) is 1.32. The van der Waals surface area contributed by atoms with Crippen LogP contribution in [0.5, 0.6) is 0 Å². The number of aliphatic hydroxyl groups is 1. The monoisotopic (exact) mass is 264 g/mol. The molecule has 0 saturated heterocycles. The third-order valence-electron chi connectivity index (χ3n) is 2.20. The van der Waals surface area contributed by atoms with Crippen LogP contribution in [-0.4, -0.2) is 59.4 Å². The van der Waals surface area contributed by atoms with Crippen molar-refractivity contribution in [2.75, 3.05) is 46.2 Å². The Bertz CT molecular complexity index is 159. The minimum absolute atomic E-state index is 0.0696. The molecule has 0 spiro atoms. The smallest absolute Gasteiger partial charge is 0.0701 e. The number of hydrogen-bond donors (Lipinski definition) is 1. The van der Waals surface area contributed by atoms with E-state index in [1.165, 1.54) is 6.04 Å². The lowest BCUT2D eigenvalue weighted by Crippen LogP contribution is -2.20. The van der Waals surface area contributed by atoms with Crippen LogP contribution in [0.4, 0.5) is 0 Å². The zero-order valence-corrected chi connectivity index (χ0v) is 12.5. The lowest BCUT2D eigenvalue weighted by atomic mass is 10.5. The van der Waals surface area contributed by atoms with Crippen molar-refractivity contribution in [3.05, 3.63) is 0 Å². The summed E-state index contributed by atoms with van der Waals surface area (Å²) in [4.78, 5) is 0. The Morgan fingerprint density at radius 2 is 1.24 bits per heavy atom. The summed E-state index contributed by atoms with van der Waals surface area (Å²) in [5.41, 5.74) is 0. The van der Waals surface area contributed by atoms with Gasteiger partial charge in [-0.2, -0.15) is 0 Å². The van der Waals surface area contributed by atoms with Gasteiger partial charge in [-0.05, 0) is 6.42 Å². The van der Waals surface area contributed by atoms with Gasteiger partial charge in [0.25, 0.3) is 0 Å². The van der Waals surface area contributed by atoms with Crippen LogP contribution in [0.2, 0.25) is 25.7 Å². The minimum Gasteiger partial charge on any atom is -0.394 e. The van der Waals surface area contributed by atoms with Crippen LogP contribution in [0.25, 0.3) is 0 Å². The Balaban J connectivity index is 2.99. The number of rotatable bonds is 12. The standard InChI is InChI=1S/C12H28O4Si/c1-17(2,3)12-4-6-14-8-10-16-11-9-15-7-5-13/h13H,4-12H2,1-3H3. The van der Waals surface area contributed by atoms with E-state index in [0.29, 0.717) is 33.0 Å². The topological polar surface area (TPSA) is 47.9 Å². The van der Waals surface area contributed by atoms with Crippen molar-refractivity contribution in [3.63, 3.8) is 0 Å². The van der Waals surface area contributed by atoms with E-state index >= 15 is 0 Å². The third-order valence-corrected chi connectivity index (χ3v) is 4.05. The fraction of sp³-hybridized carbons (Fsp3) is 1.00. The van der Waals surface area contributed by atoms with Crippen LogP contribution in [0.3, 0.4) is 0 Å². The van der Waals surface area contributed by atoms with Gasteiger partial charge in [-0.3, -0.25) is 0 Å². The minimum atomic E-state index is -0.899. The summed E-state index contributed by atoms with van der Waals surface area (Å²) in [6.07, 6.45) is 1.16. The van der Waals surface area contributed by atoms with Gasteiger partial charge >= 0.3 is 0 Å². The molecule has 0 rings (SSSR count). The first kappa shape index (κ1) is 17.1. The van der Waals surface area contributed by atoms with Gasteiger partial charge in [0.1, 0.15) is 0 Å². The highest BCUT2D eigenvalue weighted by molar-refractivity contribution is 6.76. The Kier molecular flexibility index (Phi) is 11.2. The molecule has 0 aromatic heterocycles. The van der Waals surface area contributed by atoms with Crippen molar-refractivity contribution in [1.82, 2.24) is 0 Å². The van der Waals surface area contributed by atoms with Gasteiger partial charge in [-0.15, -0.1) is 0 Å². The first-order valence-corrected chi connectivity index (χ1v) is 10.1. The van der Waals surface area contributed by atoms with Crippen LogP contribution >= 0.6 is 0 Å². The molecule has 0 aliphatic heterocycles. The van der Waals surface area contributed by atoms with E-state index < -0.39 is 8.07 Å². The van der Waals surface area contributed by atoms with E-state index in [9.17, 15) is 0 Å². The number of hydrogen-bond acceptors (Lipinski definition) is 4. The van der Waals surface area contributed by atoms with Crippen molar-refractivity contribution < 1.29 is 19.3 Å². The molecule has 0 amide bonds. The SMILES string of the molecule is C[Si](C)(C)CCCOCCOCCOCCO. The molecule has 5 heteroatoms. The Hall–Kier alpha value is 0.0569. The van der Waals surface area contributed by atoms with Crippen LogP contribution in [0.1, 0.15) is 6.42 Å². The summed E-state index contributed by atoms with van der Waals surface area (Å²) >= 11 is 0. The largest absolute Gasteiger partial charge is 0.394 e. The maximum Gasteiger partial charge on any atom is 0.0701 e. The molecule has 0 unspecified atom stereocenters. The zero-order chi connectivity index (χ0) is 13.0. The zero-order valence-electron chi connectivity index (χ0n) is 11.5. The van der Waals surface area contributed by atoms with Gasteiger partial charge < -0.3 is 19.3 Å². The predicted octanol–water partition coefficient (Wildman–Crippen LogP) is 1.76. The molecule has 0 aliphatic rings. The molecule has 104 valence electrons. The second-order valence-corrected chi connectivity index (χ2v) is 10.8. The van der Waals surface area contributed by atoms with Crippen molar-refractivity contribution in [1.29, 1.82) is 0 Å². The summed E-state index contributed by atoms with van der Waals surface area (Å²) < 4.78 is 15.8. The van der Waals surface area contributed by atoms with Crippen molar-refractivity contribution in [2.45, 2.75) is 32.1 Å². The molecule has 0 atom stereocenters. The van der Waals surface area contributed by atoms with Gasteiger partial charge in [0.2, 0.25) is 0 Å². The lowest BCUT2D eigenvalue weighted by Gasteiger charge is -2.15. The van der Waals surface area contributed by atoms with Gasteiger partial charge in [-0.25, -0.2) is 0 Å². The van der Waals surface area contributed by atoms with Crippen LogP contribution in [0.15, 0.2) is 0 Å². The normalized spacial score (nSPS) is 12.0. The summed E-state index contributed by atoms with van der Waals surface area (Å²) in [6.45, 7) is 10.8. The van der Waals surface area contributed by atoms with Crippen LogP contribution in [-0.2, 0) is 14.2 Å². The predicted molar refractivity (Wildman–Crippen MR) is 72.3 cm³/mol. The van der Waals surface area contributed by atoms with Gasteiger partial charge in [0.05, 0.1) is 39.6 Å². The molecule has 4 nitrogen and oxygen atoms in total. The molecule has 0 fully saturated rings. The Labute approximate surface area is 106 Å². The molecule has 0 aliphatic carbocycles. The molecule has 0 saturated carbocycles. The quantitative estimate of drug-likeness (QED) is 0.431. The van der Waals surface area contributed by atoms with E-state index in [1.807, 2.05) is 0 Å². The average Bonchev–Trinajstić information content (AvgIpc) is 2.24. The van der Waals surface area contributed by atoms with E-state index in [4.69, 9.17) is 19.3 Å². The van der Waals surface area contributed by atoms with E-state index in [0.717, 1.165) is 13.0 Å². The average molecular weight is 264 g/mol. The van der Waals surface area contributed by atoms with Gasteiger partial charge in [0, 0.05) is 14.7 Å². The summed E-state index contributed by atoms with van der Waals surface area (Å²) in [7, 11) is -0.899. The Morgan fingerprint density at radius 1 is 0.765 bits per heavy atom. The number of aliphatic hydroxyl groups excluding tert-OH is 1. The lowest BCUT2D eigenvalue weighted by molar-refractivity contribution is 0.00780. The molecule has 0 heterocycles. The maximum atomic E-state index is 8.46. The summed E-state index contributed by atoms with van der Waals surface area (Å²) in [5.74, 6) is 0. The van der Waals surface area contributed by atoms with E-state index in [1.54, 1.807) is 0 Å². The second kappa shape index (κ2) is 11.2. The molecular formula is C12H28O4Si.